The van der Waals surface area contributed by atoms with Gasteiger partial charge in [0, 0.05) is 6.61 Å². The van der Waals surface area contributed by atoms with E-state index in [1.165, 1.54) is 11.5 Å². The molecule has 0 radical (unpaired) electrons. The zero-order chi connectivity index (χ0) is 8.55. The minimum absolute atomic E-state index is 0.175. The van der Waals surface area contributed by atoms with Crippen LogP contribution in [0.25, 0.3) is 0 Å². The number of halogens is 1. The SMILES string of the molecule is CC1CCOC1c1nc(Br)ns1. The molecule has 0 aliphatic carbocycles. The summed E-state index contributed by atoms with van der Waals surface area (Å²) in [4.78, 5) is 4.24. The number of hydrogen-bond acceptors (Lipinski definition) is 4. The van der Waals surface area contributed by atoms with E-state index in [4.69, 9.17) is 4.74 Å². The molecule has 2 atom stereocenters. The van der Waals surface area contributed by atoms with E-state index in [0.29, 0.717) is 10.7 Å². The molecule has 12 heavy (non-hydrogen) atoms. The lowest BCUT2D eigenvalue weighted by Crippen LogP contribution is -2.02. The van der Waals surface area contributed by atoms with Gasteiger partial charge in [-0.3, -0.25) is 0 Å². The van der Waals surface area contributed by atoms with E-state index in [2.05, 4.69) is 32.2 Å². The van der Waals surface area contributed by atoms with E-state index in [9.17, 15) is 0 Å². The van der Waals surface area contributed by atoms with Gasteiger partial charge in [-0.25, -0.2) is 4.98 Å². The van der Waals surface area contributed by atoms with Gasteiger partial charge in [0.1, 0.15) is 11.1 Å². The van der Waals surface area contributed by atoms with E-state index in [0.717, 1.165) is 18.0 Å². The fourth-order valence-electron chi connectivity index (χ4n) is 1.34. The van der Waals surface area contributed by atoms with Crippen LogP contribution in [0.5, 0.6) is 0 Å². The molecule has 1 fully saturated rings. The van der Waals surface area contributed by atoms with Crippen molar-refractivity contribution in [1.29, 1.82) is 0 Å². The molecular formula is C7H9BrN2OS. The van der Waals surface area contributed by atoms with Gasteiger partial charge in [-0.1, -0.05) is 6.92 Å². The van der Waals surface area contributed by atoms with Crippen molar-refractivity contribution in [3.63, 3.8) is 0 Å². The highest BCUT2D eigenvalue weighted by Crippen LogP contribution is 2.35. The summed E-state index contributed by atoms with van der Waals surface area (Å²) >= 11 is 4.65. The summed E-state index contributed by atoms with van der Waals surface area (Å²) in [5.41, 5.74) is 0. The van der Waals surface area contributed by atoms with Crippen LogP contribution in [-0.2, 0) is 4.74 Å². The second kappa shape index (κ2) is 3.40. The summed E-state index contributed by atoms with van der Waals surface area (Å²) in [6, 6.07) is 0. The van der Waals surface area contributed by atoms with E-state index in [1.807, 2.05) is 0 Å². The monoisotopic (exact) mass is 248 g/mol. The maximum atomic E-state index is 5.55. The molecule has 1 aromatic heterocycles. The lowest BCUT2D eigenvalue weighted by molar-refractivity contribution is 0.0942. The Kier molecular flexibility index (Phi) is 2.43. The van der Waals surface area contributed by atoms with Crippen molar-refractivity contribution in [1.82, 2.24) is 9.36 Å². The van der Waals surface area contributed by atoms with Crippen molar-refractivity contribution in [3.8, 4) is 0 Å². The molecule has 2 heterocycles. The highest BCUT2D eigenvalue weighted by Gasteiger charge is 2.28. The van der Waals surface area contributed by atoms with Gasteiger partial charge in [-0.2, -0.15) is 4.37 Å². The standard InChI is InChI=1S/C7H9BrN2OS/c1-4-2-3-11-5(4)6-9-7(8)10-12-6/h4-5H,2-3H2,1H3. The first-order valence-corrected chi connectivity index (χ1v) is 5.44. The van der Waals surface area contributed by atoms with Crippen LogP contribution in [0.1, 0.15) is 24.5 Å². The third kappa shape index (κ3) is 1.53. The Morgan fingerprint density at radius 3 is 3.00 bits per heavy atom. The zero-order valence-corrected chi connectivity index (χ0v) is 9.06. The Bertz CT molecular complexity index is 278. The van der Waals surface area contributed by atoms with Gasteiger partial charge in [-0.15, -0.1) is 0 Å². The van der Waals surface area contributed by atoms with Crippen molar-refractivity contribution in [2.24, 2.45) is 5.92 Å². The zero-order valence-electron chi connectivity index (χ0n) is 6.66. The normalized spacial score (nSPS) is 29.5. The van der Waals surface area contributed by atoms with E-state index in [-0.39, 0.29) is 6.10 Å². The van der Waals surface area contributed by atoms with E-state index in [1.54, 1.807) is 0 Å². The molecule has 0 spiro atoms. The summed E-state index contributed by atoms with van der Waals surface area (Å²) < 4.78 is 10.3. The van der Waals surface area contributed by atoms with Crippen molar-refractivity contribution in [2.45, 2.75) is 19.4 Å². The molecule has 1 aliphatic heterocycles. The molecule has 0 saturated carbocycles. The quantitative estimate of drug-likeness (QED) is 0.766. The first-order valence-electron chi connectivity index (χ1n) is 3.88. The highest BCUT2D eigenvalue weighted by molar-refractivity contribution is 9.10. The molecule has 2 rings (SSSR count). The van der Waals surface area contributed by atoms with Crippen LogP contribution in [0.3, 0.4) is 0 Å². The highest BCUT2D eigenvalue weighted by atomic mass is 79.9. The first kappa shape index (κ1) is 8.59. The molecule has 66 valence electrons. The van der Waals surface area contributed by atoms with Gasteiger partial charge in [-0.05, 0) is 39.8 Å². The Balaban J connectivity index is 2.19. The summed E-state index contributed by atoms with van der Waals surface area (Å²) in [5, 5.41) is 0.992. The number of nitrogens with zero attached hydrogens (tertiary/aromatic N) is 2. The number of hydrogen-bond donors (Lipinski definition) is 0. The average molecular weight is 249 g/mol. The molecule has 0 amide bonds. The molecular weight excluding hydrogens is 240 g/mol. The van der Waals surface area contributed by atoms with Gasteiger partial charge in [0.25, 0.3) is 0 Å². The van der Waals surface area contributed by atoms with E-state index >= 15 is 0 Å². The van der Waals surface area contributed by atoms with Crippen LogP contribution < -0.4 is 0 Å². The fourth-order valence-corrected chi connectivity index (χ4v) is 2.61. The average Bonchev–Trinajstić information content (AvgIpc) is 2.58. The van der Waals surface area contributed by atoms with Crippen LogP contribution in [0.15, 0.2) is 4.73 Å². The Hall–Kier alpha value is -0.0000000000000000278. The number of rotatable bonds is 1. The fraction of sp³-hybridized carbons (Fsp3) is 0.714. The lowest BCUT2D eigenvalue weighted by Gasteiger charge is -2.09. The second-order valence-electron chi connectivity index (χ2n) is 2.96. The summed E-state index contributed by atoms with van der Waals surface area (Å²) in [6.45, 7) is 3.04. The first-order chi connectivity index (χ1) is 5.77. The summed E-state index contributed by atoms with van der Waals surface area (Å²) in [5.74, 6) is 0.574. The summed E-state index contributed by atoms with van der Waals surface area (Å²) in [6.07, 6.45) is 1.30. The van der Waals surface area contributed by atoms with Gasteiger partial charge in [0.05, 0.1) is 0 Å². The van der Waals surface area contributed by atoms with Crippen molar-refractivity contribution in [3.05, 3.63) is 9.74 Å². The maximum absolute atomic E-state index is 5.55. The van der Waals surface area contributed by atoms with Gasteiger partial charge >= 0.3 is 0 Å². The van der Waals surface area contributed by atoms with Gasteiger partial charge < -0.3 is 4.74 Å². The lowest BCUT2D eigenvalue weighted by atomic mass is 10.1. The molecule has 0 N–H and O–H groups in total. The molecule has 3 nitrogen and oxygen atoms in total. The van der Waals surface area contributed by atoms with Crippen LogP contribution in [0.2, 0.25) is 0 Å². The molecule has 1 saturated heterocycles. The van der Waals surface area contributed by atoms with Crippen LogP contribution in [-0.4, -0.2) is 16.0 Å². The molecule has 1 aliphatic rings. The second-order valence-corrected chi connectivity index (χ2v) is 4.45. The third-order valence-electron chi connectivity index (χ3n) is 2.05. The third-order valence-corrected chi connectivity index (χ3v) is 3.41. The molecule has 2 unspecified atom stereocenters. The minimum atomic E-state index is 0.175. The maximum Gasteiger partial charge on any atom is 0.209 e. The van der Waals surface area contributed by atoms with Crippen LogP contribution in [0.4, 0.5) is 0 Å². The van der Waals surface area contributed by atoms with E-state index < -0.39 is 0 Å². The Labute approximate surface area is 83.5 Å². The summed E-state index contributed by atoms with van der Waals surface area (Å²) in [7, 11) is 0. The molecule has 0 bridgehead atoms. The number of ether oxygens (including phenoxy) is 1. The molecule has 5 heteroatoms. The Morgan fingerprint density at radius 2 is 2.50 bits per heavy atom. The molecule has 1 aromatic rings. The number of aromatic nitrogens is 2. The predicted molar refractivity (Wildman–Crippen MR) is 50.1 cm³/mol. The largest absolute Gasteiger partial charge is 0.371 e. The predicted octanol–water partition coefficient (Wildman–Crippen LogP) is 2.40. The van der Waals surface area contributed by atoms with Crippen LogP contribution >= 0.6 is 27.5 Å². The van der Waals surface area contributed by atoms with Crippen molar-refractivity contribution >= 4 is 27.5 Å². The van der Waals surface area contributed by atoms with Crippen LogP contribution in [0, 0.1) is 5.92 Å². The molecule has 0 aromatic carbocycles. The topological polar surface area (TPSA) is 35.0 Å². The smallest absolute Gasteiger partial charge is 0.209 e. The minimum Gasteiger partial charge on any atom is -0.371 e. The van der Waals surface area contributed by atoms with Gasteiger partial charge in [0.2, 0.25) is 4.73 Å². The van der Waals surface area contributed by atoms with Crippen molar-refractivity contribution < 1.29 is 4.74 Å². The Morgan fingerprint density at radius 1 is 1.67 bits per heavy atom. The van der Waals surface area contributed by atoms with Gasteiger partial charge in [0.15, 0.2) is 0 Å². The van der Waals surface area contributed by atoms with Crippen molar-refractivity contribution in [2.75, 3.05) is 6.61 Å².